The fraction of sp³-hybridized carbons (Fsp3) is 0.478. The van der Waals surface area contributed by atoms with E-state index >= 15 is 0 Å². The molecule has 1 fully saturated rings. The maximum absolute atomic E-state index is 13.3. The van der Waals surface area contributed by atoms with Crippen LogP contribution in [0.2, 0.25) is 0 Å². The molecule has 1 aromatic carbocycles. The van der Waals surface area contributed by atoms with Crippen molar-refractivity contribution in [2.75, 3.05) is 5.32 Å². The quantitative estimate of drug-likeness (QED) is 0.644. The Kier molecular flexibility index (Phi) is 6.16. The fourth-order valence-electron chi connectivity index (χ4n) is 4.45. The number of halogens is 4. The van der Waals surface area contributed by atoms with Crippen molar-refractivity contribution in [3.63, 3.8) is 0 Å². The van der Waals surface area contributed by atoms with E-state index in [1.54, 1.807) is 0 Å². The van der Waals surface area contributed by atoms with Crippen LogP contribution in [0.15, 0.2) is 30.3 Å². The van der Waals surface area contributed by atoms with Gasteiger partial charge in [-0.2, -0.15) is 13.2 Å². The lowest BCUT2D eigenvalue weighted by molar-refractivity contribution is -0.141. The second kappa shape index (κ2) is 8.85. The van der Waals surface area contributed by atoms with Crippen LogP contribution in [0.5, 0.6) is 0 Å². The molecule has 166 valence electrons. The van der Waals surface area contributed by atoms with Crippen molar-refractivity contribution in [3.05, 3.63) is 58.7 Å². The number of hydrogen-bond donors (Lipinski definition) is 2. The van der Waals surface area contributed by atoms with Crippen LogP contribution in [0.4, 0.5) is 23.2 Å². The molecule has 31 heavy (non-hydrogen) atoms. The van der Waals surface area contributed by atoms with E-state index in [0.717, 1.165) is 56.6 Å². The Bertz CT molecular complexity index is 935. The number of anilines is 1. The molecule has 2 aliphatic rings. The van der Waals surface area contributed by atoms with Crippen molar-refractivity contribution in [3.8, 4) is 0 Å². The van der Waals surface area contributed by atoms with Crippen molar-refractivity contribution in [2.24, 2.45) is 0 Å². The van der Waals surface area contributed by atoms with E-state index in [2.05, 4.69) is 15.6 Å². The van der Waals surface area contributed by atoms with E-state index in [1.807, 2.05) is 0 Å². The number of pyridine rings is 1. The van der Waals surface area contributed by atoms with Gasteiger partial charge in [0.15, 0.2) is 0 Å². The summed E-state index contributed by atoms with van der Waals surface area (Å²) < 4.78 is 52.9. The normalized spacial score (nSPS) is 21.3. The predicted octanol–water partition coefficient (Wildman–Crippen LogP) is 5.27. The number of rotatable bonds is 4. The van der Waals surface area contributed by atoms with Crippen LogP contribution in [-0.2, 0) is 19.0 Å². The second-order valence-corrected chi connectivity index (χ2v) is 8.36. The highest BCUT2D eigenvalue weighted by Gasteiger charge is 2.35. The fourth-order valence-corrected chi connectivity index (χ4v) is 4.45. The minimum absolute atomic E-state index is 0.00676. The van der Waals surface area contributed by atoms with Crippen LogP contribution in [0, 0.1) is 5.82 Å². The average Bonchev–Trinajstić information content (AvgIpc) is 2.75. The van der Waals surface area contributed by atoms with E-state index < -0.39 is 17.7 Å². The van der Waals surface area contributed by atoms with Gasteiger partial charge in [0.2, 0.25) is 0 Å². The molecule has 0 aliphatic heterocycles. The number of carbonyl (C=O) groups excluding carboxylic acids is 1. The number of aryl methyl sites for hydroxylation is 1. The SMILES string of the molecule is O=C(NC1CCC(Nc2cc(C(F)(F)F)nc3c2CCCC3)CC1)c1ccc(F)cc1. The molecule has 1 amide bonds. The molecule has 0 saturated heterocycles. The Morgan fingerprint density at radius 1 is 0.968 bits per heavy atom. The summed E-state index contributed by atoms with van der Waals surface area (Å²) in [5.41, 5.74) is 1.59. The summed E-state index contributed by atoms with van der Waals surface area (Å²) in [5.74, 6) is -0.635. The van der Waals surface area contributed by atoms with E-state index in [9.17, 15) is 22.4 Å². The molecule has 2 aliphatic carbocycles. The van der Waals surface area contributed by atoms with Gasteiger partial charge in [-0.3, -0.25) is 4.79 Å². The van der Waals surface area contributed by atoms with Gasteiger partial charge in [0.1, 0.15) is 11.5 Å². The Morgan fingerprint density at radius 3 is 2.29 bits per heavy atom. The number of fused-ring (bicyclic) bond motifs is 1. The molecule has 1 heterocycles. The summed E-state index contributed by atoms with van der Waals surface area (Å²) in [6.45, 7) is 0. The molecule has 0 unspecified atom stereocenters. The number of benzene rings is 1. The van der Waals surface area contributed by atoms with Gasteiger partial charge in [-0.05, 0) is 87.3 Å². The average molecular weight is 435 g/mol. The Hall–Kier alpha value is -2.64. The topological polar surface area (TPSA) is 54.0 Å². The summed E-state index contributed by atoms with van der Waals surface area (Å²) in [5, 5.41) is 6.31. The molecule has 0 spiro atoms. The summed E-state index contributed by atoms with van der Waals surface area (Å²) in [6, 6.07) is 6.58. The molecule has 4 nitrogen and oxygen atoms in total. The first-order valence-electron chi connectivity index (χ1n) is 10.7. The smallest absolute Gasteiger partial charge is 0.382 e. The summed E-state index contributed by atoms with van der Waals surface area (Å²) >= 11 is 0. The molecule has 2 aromatic rings. The minimum Gasteiger partial charge on any atom is -0.382 e. The first kappa shape index (κ1) is 21.6. The predicted molar refractivity (Wildman–Crippen MR) is 109 cm³/mol. The van der Waals surface area contributed by atoms with Gasteiger partial charge in [-0.15, -0.1) is 0 Å². The van der Waals surface area contributed by atoms with Crippen LogP contribution in [-0.4, -0.2) is 23.0 Å². The van der Waals surface area contributed by atoms with Crippen molar-refractivity contribution in [1.29, 1.82) is 0 Å². The van der Waals surface area contributed by atoms with Crippen LogP contribution < -0.4 is 10.6 Å². The molecule has 0 bridgehead atoms. The van der Waals surface area contributed by atoms with Crippen molar-refractivity contribution in [1.82, 2.24) is 10.3 Å². The van der Waals surface area contributed by atoms with Gasteiger partial charge in [-0.1, -0.05) is 0 Å². The first-order chi connectivity index (χ1) is 14.8. The summed E-state index contributed by atoms with van der Waals surface area (Å²) in [7, 11) is 0. The Morgan fingerprint density at radius 2 is 1.61 bits per heavy atom. The molecule has 2 N–H and O–H groups in total. The maximum atomic E-state index is 13.3. The Labute approximate surface area is 178 Å². The van der Waals surface area contributed by atoms with E-state index in [-0.39, 0.29) is 18.0 Å². The number of carbonyl (C=O) groups is 1. The lowest BCUT2D eigenvalue weighted by Crippen LogP contribution is -2.40. The number of alkyl halides is 3. The van der Waals surface area contributed by atoms with Crippen molar-refractivity contribution in [2.45, 2.75) is 69.6 Å². The Balaban J connectivity index is 1.38. The zero-order valence-corrected chi connectivity index (χ0v) is 17.1. The van der Waals surface area contributed by atoms with Gasteiger partial charge >= 0.3 is 6.18 Å². The zero-order chi connectivity index (χ0) is 22.0. The highest BCUT2D eigenvalue weighted by atomic mass is 19.4. The maximum Gasteiger partial charge on any atom is 0.433 e. The van der Waals surface area contributed by atoms with E-state index in [4.69, 9.17) is 0 Å². The third-order valence-corrected chi connectivity index (χ3v) is 6.12. The number of aromatic nitrogens is 1. The lowest BCUT2D eigenvalue weighted by atomic mass is 9.89. The molecule has 0 atom stereocenters. The molecular weight excluding hydrogens is 410 g/mol. The van der Waals surface area contributed by atoms with Gasteiger partial charge < -0.3 is 10.6 Å². The third-order valence-electron chi connectivity index (χ3n) is 6.12. The zero-order valence-electron chi connectivity index (χ0n) is 17.1. The largest absolute Gasteiger partial charge is 0.433 e. The number of nitrogens with zero attached hydrogens (tertiary/aromatic N) is 1. The minimum atomic E-state index is -4.47. The van der Waals surface area contributed by atoms with Crippen LogP contribution in [0.25, 0.3) is 0 Å². The number of nitrogens with one attached hydrogen (secondary N) is 2. The highest BCUT2D eigenvalue weighted by Crippen LogP contribution is 2.35. The number of amides is 1. The monoisotopic (exact) mass is 435 g/mol. The molecule has 8 heteroatoms. The number of hydrogen-bond acceptors (Lipinski definition) is 3. The van der Waals surface area contributed by atoms with Crippen LogP contribution >= 0.6 is 0 Å². The molecule has 1 aromatic heterocycles. The standard InChI is InChI=1S/C23H25F4N3O/c24-15-7-5-14(6-8-15)22(31)29-17-11-9-16(10-12-17)28-20-13-21(23(25,26)27)30-19-4-2-1-3-18(19)20/h5-8,13,16-17H,1-4,9-12H2,(H,28,30)(H,29,31). The van der Waals surface area contributed by atoms with Gasteiger partial charge in [0.25, 0.3) is 5.91 Å². The molecular formula is C23H25F4N3O. The van der Waals surface area contributed by atoms with Crippen LogP contribution in [0.3, 0.4) is 0 Å². The van der Waals surface area contributed by atoms with Gasteiger partial charge in [0, 0.05) is 29.0 Å². The van der Waals surface area contributed by atoms with E-state index in [1.165, 1.54) is 24.3 Å². The van der Waals surface area contributed by atoms with Crippen molar-refractivity contribution >= 4 is 11.6 Å². The van der Waals surface area contributed by atoms with Crippen molar-refractivity contribution < 1.29 is 22.4 Å². The van der Waals surface area contributed by atoms with Gasteiger partial charge in [0.05, 0.1) is 0 Å². The van der Waals surface area contributed by atoms with Crippen LogP contribution in [0.1, 0.15) is 65.8 Å². The molecule has 4 rings (SSSR count). The second-order valence-electron chi connectivity index (χ2n) is 8.36. The third kappa shape index (κ3) is 5.17. The summed E-state index contributed by atoms with van der Waals surface area (Å²) in [6.07, 6.45) is 1.61. The molecule has 0 radical (unpaired) electrons. The molecule has 1 saturated carbocycles. The first-order valence-corrected chi connectivity index (χ1v) is 10.7. The highest BCUT2D eigenvalue weighted by molar-refractivity contribution is 5.94. The van der Waals surface area contributed by atoms with Gasteiger partial charge in [-0.25, -0.2) is 9.37 Å². The van der Waals surface area contributed by atoms with E-state index in [0.29, 0.717) is 23.4 Å². The lowest BCUT2D eigenvalue weighted by Gasteiger charge is -2.32. The summed E-state index contributed by atoms with van der Waals surface area (Å²) in [4.78, 5) is 16.2.